The van der Waals surface area contributed by atoms with E-state index in [0.717, 1.165) is 30.4 Å². The van der Waals surface area contributed by atoms with Gasteiger partial charge in [-0.2, -0.15) is 8.42 Å². The second-order valence-corrected chi connectivity index (χ2v) is 8.86. The highest BCUT2D eigenvalue weighted by molar-refractivity contribution is 7.86. The number of unbranched alkanes of at least 4 members (excludes halogenated alkanes) is 2. The van der Waals surface area contributed by atoms with E-state index in [2.05, 4.69) is 6.92 Å². The third-order valence-electron chi connectivity index (χ3n) is 5.27. The largest absolute Gasteiger partial charge is 0.297 e. The molecule has 6 heteroatoms. The van der Waals surface area contributed by atoms with Crippen LogP contribution in [0.4, 0.5) is 0 Å². The second-order valence-electron chi connectivity index (χ2n) is 7.51. The third kappa shape index (κ3) is 4.50. The molecule has 4 rings (SSSR count). The maximum Gasteiger partial charge on any atom is 0.297 e. The fourth-order valence-electron chi connectivity index (χ4n) is 3.78. The van der Waals surface area contributed by atoms with Crippen molar-refractivity contribution in [1.82, 2.24) is 9.97 Å². The van der Waals surface area contributed by atoms with Gasteiger partial charge in [0.1, 0.15) is 10.4 Å². The molecule has 0 radical (unpaired) electrons. The van der Waals surface area contributed by atoms with Crippen LogP contribution in [-0.4, -0.2) is 22.9 Å². The number of aryl methyl sites for hydroxylation is 1. The van der Waals surface area contributed by atoms with Gasteiger partial charge in [0.2, 0.25) is 0 Å². The molecule has 0 aliphatic rings. The van der Waals surface area contributed by atoms with E-state index in [4.69, 9.17) is 9.97 Å². The van der Waals surface area contributed by atoms with Crippen molar-refractivity contribution in [1.29, 1.82) is 0 Å². The molecule has 158 valence electrons. The van der Waals surface area contributed by atoms with Gasteiger partial charge < -0.3 is 0 Å². The summed E-state index contributed by atoms with van der Waals surface area (Å²) in [5.74, 6) is 0. The highest BCUT2D eigenvalue weighted by atomic mass is 32.2. The van der Waals surface area contributed by atoms with Crippen molar-refractivity contribution in [2.75, 3.05) is 0 Å². The standard InChI is InChI=1S/C25H24N2O3S/c1-2-3-6-15-20-16-17-21-24(25(20)31(28,29)30)27-23(19-13-9-5-10-14-19)22(26-21)18-11-7-4-8-12-18/h4-5,7-14,16-17H,2-3,6,15H2,1H3,(H,28,29,30). The maximum atomic E-state index is 12.4. The molecule has 0 saturated carbocycles. The normalized spacial score (nSPS) is 11.7. The Balaban J connectivity index is 2.02. The number of hydrogen-bond donors (Lipinski definition) is 1. The lowest BCUT2D eigenvalue weighted by Gasteiger charge is -2.14. The molecule has 0 atom stereocenters. The lowest BCUT2D eigenvalue weighted by Crippen LogP contribution is -2.07. The Morgan fingerprint density at radius 1 is 0.774 bits per heavy atom. The summed E-state index contributed by atoms with van der Waals surface area (Å²) < 4.78 is 34.9. The van der Waals surface area contributed by atoms with E-state index in [0.29, 0.717) is 28.9 Å². The van der Waals surface area contributed by atoms with E-state index in [9.17, 15) is 13.0 Å². The molecule has 0 saturated heterocycles. The lowest BCUT2D eigenvalue weighted by molar-refractivity contribution is 0.482. The molecule has 0 aliphatic heterocycles. The minimum Gasteiger partial charge on any atom is -0.282 e. The van der Waals surface area contributed by atoms with Gasteiger partial charge in [0.15, 0.2) is 0 Å². The van der Waals surface area contributed by atoms with E-state index in [-0.39, 0.29) is 10.4 Å². The summed E-state index contributed by atoms with van der Waals surface area (Å²) in [7, 11) is -4.48. The molecule has 0 amide bonds. The summed E-state index contributed by atoms with van der Waals surface area (Å²) >= 11 is 0. The first-order valence-electron chi connectivity index (χ1n) is 10.4. The van der Waals surface area contributed by atoms with Crippen LogP contribution in [-0.2, 0) is 16.5 Å². The first-order chi connectivity index (χ1) is 15.0. The number of benzene rings is 3. The van der Waals surface area contributed by atoms with Gasteiger partial charge in [-0.25, -0.2) is 9.97 Å². The van der Waals surface area contributed by atoms with Crippen LogP contribution in [0.1, 0.15) is 31.7 Å². The summed E-state index contributed by atoms with van der Waals surface area (Å²) in [6.07, 6.45) is 3.40. The molecular formula is C25H24N2O3S. The summed E-state index contributed by atoms with van der Waals surface area (Å²) in [4.78, 5) is 9.44. The average Bonchev–Trinajstić information content (AvgIpc) is 2.78. The van der Waals surface area contributed by atoms with Crippen molar-refractivity contribution in [3.8, 4) is 22.5 Å². The van der Waals surface area contributed by atoms with Gasteiger partial charge in [-0.05, 0) is 24.5 Å². The minimum atomic E-state index is -4.48. The molecule has 4 aromatic rings. The van der Waals surface area contributed by atoms with Crippen molar-refractivity contribution in [3.63, 3.8) is 0 Å². The topological polar surface area (TPSA) is 80.2 Å². The molecule has 0 unspecified atom stereocenters. The first kappa shape index (κ1) is 21.2. The molecule has 1 aromatic heterocycles. The van der Waals surface area contributed by atoms with Gasteiger partial charge >= 0.3 is 0 Å². The highest BCUT2D eigenvalue weighted by Gasteiger charge is 2.23. The van der Waals surface area contributed by atoms with Gasteiger partial charge in [-0.1, -0.05) is 86.5 Å². The first-order valence-corrected chi connectivity index (χ1v) is 11.8. The van der Waals surface area contributed by atoms with Crippen LogP contribution in [0.25, 0.3) is 33.5 Å². The van der Waals surface area contributed by atoms with E-state index >= 15 is 0 Å². The van der Waals surface area contributed by atoms with Crippen molar-refractivity contribution in [2.45, 2.75) is 37.5 Å². The second kappa shape index (κ2) is 8.96. The fourth-order valence-corrected chi connectivity index (χ4v) is 4.68. The van der Waals surface area contributed by atoms with Crippen molar-refractivity contribution in [2.24, 2.45) is 0 Å². The number of nitrogens with zero attached hydrogens (tertiary/aromatic N) is 2. The molecule has 0 fully saturated rings. The summed E-state index contributed by atoms with van der Waals surface area (Å²) in [6, 6.07) is 22.8. The summed E-state index contributed by atoms with van der Waals surface area (Å²) in [6.45, 7) is 2.09. The van der Waals surface area contributed by atoms with E-state index in [1.807, 2.05) is 60.7 Å². The molecule has 0 bridgehead atoms. The molecular weight excluding hydrogens is 408 g/mol. The summed E-state index contributed by atoms with van der Waals surface area (Å²) in [5, 5.41) is 0. The number of fused-ring (bicyclic) bond motifs is 1. The van der Waals surface area contributed by atoms with Crippen LogP contribution in [0.5, 0.6) is 0 Å². The van der Waals surface area contributed by atoms with Crippen molar-refractivity contribution in [3.05, 3.63) is 78.4 Å². The smallest absolute Gasteiger partial charge is 0.282 e. The molecule has 3 aromatic carbocycles. The van der Waals surface area contributed by atoms with Crippen LogP contribution >= 0.6 is 0 Å². The zero-order valence-electron chi connectivity index (χ0n) is 17.3. The van der Waals surface area contributed by atoms with Crippen molar-refractivity contribution >= 4 is 21.2 Å². The summed E-state index contributed by atoms with van der Waals surface area (Å²) in [5.41, 5.74) is 4.17. The quantitative estimate of drug-likeness (QED) is 0.289. The SMILES string of the molecule is CCCCCc1ccc2nc(-c3ccccc3)c(-c3ccccc3)nc2c1S(=O)(=O)O. The van der Waals surface area contributed by atoms with Gasteiger partial charge in [-0.15, -0.1) is 0 Å². The number of aromatic nitrogens is 2. The Morgan fingerprint density at radius 2 is 1.35 bits per heavy atom. The monoisotopic (exact) mass is 432 g/mol. The predicted molar refractivity (Wildman–Crippen MR) is 123 cm³/mol. The number of rotatable bonds is 7. The highest BCUT2D eigenvalue weighted by Crippen LogP contribution is 2.34. The van der Waals surface area contributed by atoms with Gasteiger partial charge in [0.25, 0.3) is 10.1 Å². The molecule has 31 heavy (non-hydrogen) atoms. The average molecular weight is 433 g/mol. The minimum absolute atomic E-state index is 0.134. The van der Waals surface area contributed by atoms with Crippen LogP contribution < -0.4 is 0 Å². The zero-order valence-corrected chi connectivity index (χ0v) is 18.1. The fraction of sp³-hybridized carbons (Fsp3) is 0.200. The van der Waals surface area contributed by atoms with Crippen molar-refractivity contribution < 1.29 is 13.0 Å². The Kier molecular flexibility index (Phi) is 6.11. The molecule has 1 N–H and O–H groups in total. The molecule has 0 spiro atoms. The zero-order chi connectivity index (χ0) is 21.8. The van der Waals surface area contributed by atoms with Gasteiger partial charge in [0, 0.05) is 11.1 Å². The van der Waals surface area contributed by atoms with Gasteiger partial charge in [-0.3, -0.25) is 4.55 Å². The van der Waals surface area contributed by atoms with E-state index in [1.165, 1.54) is 0 Å². The number of hydrogen-bond acceptors (Lipinski definition) is 4. The molecule has 0 aliphatic carbocycles. The van der Waals surface area contributed by atoms with Gasteiger partial charge in [0.05, 0.1) is 16.9 Å². The molecule has 5 nitrogen and oxygen atoms in total. The van der Waals surface area contributed by atoms with Crippen LogP contribution in [0.15, 0.2) is 77.7 Å². The van der Waals surface area contributed by atoms with E-state index < -0.39 is 10.1 Å². The maximum absolute atomic E-state index is 12.4. The Labute approximate surface area is 182 Å². The Morgan fingerprint density at radius 3 is 1.90 bits per heavy atom. The third-order valence-corrected chi connectivity index (χ3v) is 6.25. The predicted octanol–water partition coefficient (Wildman–Crippen LogP) is 5.94. The Hall–Kier alpha value is -3.09. The lowest BCUT2D eigenvalue weighted by atomic mass is 10.0. The Bertz CT molecular complexity index is 1310. The van der Waals surface area contributed by atoms with Crippen LogP contribution in [0.3, 0.4) is 0 Å². The molecule has 1 heterocycles. The van der Waals surface area contributed by atoms with Crippen LogP contribution in [0, 0.1) is 0 Å². The van der Waals surface area contributed by atoms with Crippen LogP contribution in [0.2, 0.25) is 0 Å². The van der Waals surface area contributed by atoms with E-state index in [1.54, 1.807) is 12.1 Å².